The van der Waals surface area contributed by atoms with Gasteiger partial charge in [0.05, 0.1) is 4.90 Å². The van der Waals surface area contributed by atoms with Crippen LogP contribution in [0.2, 0.25) is 0 Å². The lowest BCUT2D eigenvalue weighted by Gasteiger charge is -2.06. The molecule has 29 heavy (non-hydrogen) atoms. The summed E-state index contributed by atoms with van der Waals surface area (Å²) in [4.78, 5) is 0.286. The van der Waals surface area contributed by atoms with E-state index >= 15 is 0 Å². The highest BCUT2D eigenvalue weighted by atomic mass is 32.2. The number of hydrogen-bond donors (Lipinski definition) is 1. The van der Waals surface area contributed by atoms with Gasteiger partial charge >= 0.3 is 0 Å². The molecule has 0 saturated carbocycles. The molecule has 0 aliphatic heterocycles. The number of aryl methyl sites for hydroxylation is 1. The number of allylic oxidation sites excluding steroid dienone is 3. The Kier molecular flexibility index (Phi) is 7.46. The van der Waals surface area contributed by atoms with E-state index in [4.69, 9.17) is 0 Å². The molecule has 0 heterocycles. The summed E-state index contributed by atoms with van der Waals surface area (Å²) in [6.07, 6.45) is 11.5. The van der Waals surface area contributed by atoms with Crippen molar-refractivity contribution in [3.05, 3.63) is 89.0 Å². The number of hydrogen-bond acceptors (Lipinski definition) is 2. The van der Waals surface area contributed by atoms with Crippen LogP contribution in [0.4, 0.5) is 0 Å². The highest BCUT2D eigenvalue weighted by Crippen LogP contribution is 2.17. The van der Waals surface area contributed by atoms with Crippen molar-refractivity contribution in [3.8, 4) is 11.8 Å². The Bertz CT molecular complexity index is 1050. The molecule has 1 aliphatic carbocycles. The van der Waals surface area contributed by atoms with Gasteiger partial charge in [0.15, 0.2) is 0 Å². The van der Waals surface area contributed by atoms with E-state index in [0.717, 1.165) is 36.0 Å². The van der Waals surface area contributed by atoms with Gasteiger partial charge in [0.2, 0.25) is 10.0 Å². The fourth-order valence-electron chi connectivity index (χ4n) is 3.17. The molecule has 4 heteroatoms. The molecule has 0 radical (unpaired) electrons. The first-order valence-electron chi connectivity index (χ1n) is 10.0. The Morgan fingerprint density at radius 3 is 2.55 bits per heavy atom. The van der Waals surface area contributed by atoms with Gasteiger partial charge in [-0.3, -0.25) is 0 Å². The molecule has 0 atom stereocenters. The monoisotopic (exact) mass is 405 g/mol. The van der Waals surface area contributed by atoms with Crippen LogP contribution in [0.1, 0.15) is 42.4 Å². The molecule has 0 saturated heterocycles. The van der Waals surface area contributed by atoms with E-state index in [2.05, 4.69) is 28.7 Å². The third-order valence-electron chi connectivity index (χ3n) is 4.89. The van der Waals surface area contributed by atoms with Crippen LogP contribution in [-0.2, 0) is 16.4 Å². The molecule has 3 rings (SSSR count). The predicted octanol–water partition coefficient (Wildman–Crippen LogP) is 4.92. The molecule has 2 aromatic rings. The first-order valence-corrected chi connectivity index (χ1v) is 11.5. The van der Waals surface area contributed by atoms with Crippen LogP contribution in [0.15, 0.2) is 77.2 Å². The van der Waals surface area contributed by atoms with Gasteiger partial charge in [-0.05, 0) is 68.4 Å². The van der Waals surface area contributed by atoms with Crippen molar-refractivity contribution in [2.45, 2.75) is 43.9 Å². The zero-order chi connectivity index (χ0) is 20.5. The summed E-state index contributed by atoms with van der Waals surface area (Å²) in [5.41, 5.74) is 4.45. The average molecular weight is 406 g/mol. The van der Waals surface area contributed by atoms with Crippen LogP contribution in [-0.4, -0.2) is 15.0 Å². The van der Waals surface area contributed by atoms with Crippen LogP contribution in [0.3, 0.4) is 0 Å². The standard InChI is InChI=1S/C25H27NO2S/c1-21-14-18-25(19-15-21)29(27,28)26-20-8-7-13-23-11-5-6-12-24(23)17-16-22-9-3-2-4-10-22/h5-9,11-12,14-15,18-19,26H,2-4,10,13,20H2,1H3. The lowest BCUT2D eigenvalue weighted by molar-refractivity contribution is 0.585. The second kappa shape index (κ2) is 10.2. The summed E-state index contributed by atoms with van der Waals surface area (Å²) in [6, 6.07) is 15.0. The summed E-state index contributed by atoms with van der Waals surface area (Å²) in [5.74, 6) is 6.63. The lowest BCUT2D eigenvalue weighted by Crippen LogP contribution is -2.23. The summed E-state index contributed by atoms with van der Waals surface area (Å²) >= 11 is 0. The van der Waals surface area contributed by atoms with Crippen molar-refractivity contribution in [2.75, 3.05) is 6.54 Å². The first-order chi connectivity index (χ1) is 14.0. The molecule has 150 valence electrons. The van der Waals surface area contributed by atoms with Gasteiger partial charge in [-0.25, -0.2) is 13.1 Å². The lowest BCUT2D eigenvalue weighted by atomic mass is 9.99. The van der Waals surface area contributed by atoms with E-state index in [-0.39, 0.29) is 11.4 Å². The van der Waals surface area contributed by atoms with Gasteiger partial charge in [0.25, 0.3) is 0 Å². The van der Waals surface area contributed by atoms with Crippen molar-refractivity contribution in [1.29, 1.82) is 0 Å². The molecule has 1 aliphatic rings. The molecule has 0 spiro atoms. The summed E-state index contributed by atoms with van der Waals surface area (Å²) in [7, 11) is -3.48. The van der Waals surface area contributed by atoms with E-state index < -0.39 is 10.0 Å². The Labute approximate surface area is 174 Å². The smallest absolute Gasteiger partial charge is 0.207 e. The first kappa shape index (κ1) is 21.1. The van der Waals surface area contributed by atoms with Crippen molar-refractivity contribution >= 4 is 10.0 Å². The highest BCUT2D eigenvalue weighted by Gasteiger charge is 2.11. The van der Waals surface area contributed by atoms with Crippen LogP contribution in [0.25, 0.3) is 0 Å². The van der Waals surface area contributed by atoms with Crippen molar-refractivity contribution in [1.82, 2.24) is 4.72 Å². The summed E-state index contributed by atoms with van der Waals surface area (Å²) < 4.78 is 27.2. The number of sulfonamides is 1. The SMILES string of the molecule is Cc1ccc(S(=O)(=O)NCC=CCc2ccccc2C#CC2=CCCCC2)cc1. The Morgan fingerprint density at radius 2 is 1.79 bits per heavy atom. The van der Waals surface area contributed by atoms with Crippen LogP contribution < -0.4 is 4.72 Å². The average Bonchev–Trinajstić information content (AvgIpc) is 2.74. The highest BCUT2D eigenvalue weighted by molar-refractivity contribution is 7.89. The summed E-state index contributed by atoms with van der Waals surface area (Å²) in [5, 5.41) is 0. The van der Waals surface area contributed by atoms with Crippen LogP contribution in [0.5, 0.6) is 0 Å². The largest absolute Gasteiger partial charge is 0.240 e. The molecule has 2 aromatic carbocycles. The van der Waals surface area contributed by atoms with Gasteiger partial charge in [0, 0.05) is 12.1 Å². The molecule has 0 amide bonds. The fraction of sp³-hybridized carbons (Fsp3) is 0.280. The normalized spacial score (nSPS) is 14.3. The molecule has 0 unspecified atom stereocenters. The molecule has 0 aromatic heterocycles. The number of nitrogens with one attached hydrogen (secondary N) is 1. The van der Waals surface area contributed by atoms with Crippen molar-refractivity contribution < 1.29 is 8.42 Å². The molecule has 1 N–H and O–H groups in total. The molecular weight excluding hydrogens is 378 g/mol. The van der Waals surface area contributed by atoms with Gasteiger partial charge < -0.3 is 0 Å². The van der Waals surface area contributed by atoms with Crippen molar-refractivity contribution in [3.63, 3.8) is 0 Å². The van der Waals surface area contributed by atoms with Gasteiger partial charge in [0.1, 0.15) is 0 Å². The Morgan fingerprint density at radius 1 is 1.00 bits per heavy atom. The van der Waals surface area contributed by atoms with Gasteiger partial charge in [-0.2, -0.15) is 0 Å². The Balaban J connectivity index is 1.57. The number of rotatable bonds is 6. The zero-order valence-corrected chi connectivity index (χ0v) is 17.6. The van der Waals surface area contributed by atoms with E-state index in [1.807, 2.05) is 37.3 Å². The molecular formula is C25H27NO2S. The van der Waals surface area contributed by atoms with Gasteiger partial charge in [-0.1, -0.05) is 66.0 Å². The van der Waals surface area contributed by atoms with Crippen molar-refractivity contribution in [2.24, 2.45) is 0 Å². The van der Waals surface area contributed by atoms with Gasteiger partial charge in [-0.15, -0.1) is 0 Å². The zero-order valence-electron chi connectivity index (χ0n) is 16.8. The van der Waals surface area contributed by atoms with E-state index in [9.17, 15) is 8.42 Å². The minimum absolute atomic E-state index is 0.261. The molecule has 0 fully saturated rings. The van der Waals surface area contributed by atoms with E-state index in [1.54, 1.807) is 24.3 Å². The third-order valence-corrected chi connectivity index (χ3v) is 6.33. The maximum absolute atomic E-state index is 12.3. The Hall–Kier alpha value is -2.61. The minimum atomic E-state index is -3.48. The van der Waals surface area contributed by atoms with E-state index in [0.29, 0.717) is 0 Å². The molecule has 0 bridgehead atoms. The topological polar surface area (TPSA) is 46.2 Å². The summed E-state index contributed by atoms with van der Waals surface area (Å²) in [6.45, 7) is 2.19. The third kappa shape index (κ3) is 6.45. The fourth-order valence-corrected chi connectivity index (χ4v) is 4.15. The van der Waals surface area contributed by atoms with Crippen LogP contribution in [0, 0.1) is 18.8 Å². The maximum Gasteiger partial charge on any atom is 0.240 e. The maximum atomic E-state index is 12.3. The second-order valence-corrected chi connectivity index (χ2v) is 8.99. The predicted molar refractivity (Wildman–Crippen MR) is 119 cm³/mol. The second-order valence-electron chi connectivity index (χ2n) is 7.22. The molecule has 3 nitrogen and oxygen atoms in total. The van der Waals surface area contributed by atoms with Crippen LogP contribution >= 0.6 is 0 Å². The minimum Gasteiger partial charge on any atom is -0.207 e. The van der Waals surface area contributed by atoms with E-state index in [1.165, 1.54) is 18.4 Å². The quantitative estimate of drug-likeness (QED) is 0.547. The number of benzene rings is 2.